The Kier molecular flexibility index (Phi) is 6.21. The van der Waals surface area contributed by atoms with Crippen LogP contribution in [0.25, 0.3) is 11.3 Å². The number of nitrogens with zero attached hydrogens (tertiary/aromatic N) is 3. The first kappa shape index (κ1) is 22.6. The summed E-state index contributed by atoms with van der Waals surface area (Å²) >= 11 is 0. The summed E-state index contributed by atoms with van der Waals surface area (Å²) in [5.74, 6) is 0.805. The van der Waals surface area contributed by atoms with Crippen LogP contribution in [-0.4, -0.2) is 49.2 Å². The van der Waals surface area contributed by atoms with Gasteiger partial charge in [-0.05, 0) is 24.3 Å². The van der Waals surface area contributed by atoms with E-state index < -0.39 is 11.9 Å². The van der Waals surface area contributed by atoms with Crippen molar-refractivity contribution in [1.29, 1.82) is 0 Å². The number of anilines is 1. The van der Waals surface area contributed by atoms with Gasteiger partial charge in [0, 0.05) is 44.9 Å². The predicted octanol–water partition coefficient (Wildman–Crippen LogP) is 4.30. The molecule has 0 saturated carbocycles. The summed E-state index contributed by atoms with van der Waals surface area (Å²) in [6.07, 6.45) is -2.90. The first-order valence-corrected chi connectivity index (χ1v) is 10.3. The van der Waals surface area contributed by atoms with Crippen LogP contribution in [0.3, 0.4) is 0 Å². The lowest BCUT2D eigenvalue weighted by molar-refractivity contribution is -0.153. The molecule has 1 aromatic carbocycles. The number of alkyl halides is 3. The molecule has 2 amide bonds. The zero-order valence-corrected chi connectivity index (χ0v) is 18.1. The van der Waals surface area contributed by atoms with Gasteiger partial charge in [0.1, 0.15) is 11.5 Å². The molecule has 0 aliphatic carbocycles. The number of rotatable bonds is 5. The van der Waals surface area contributed by atoms with E-state index in [9.17, 15) is 18.0 Å². The number of oxazole rings is 1. The fraction of sp³-hybridized carbons (Fsp3) is 0.364. The summed E-state index contributed by atoms with van der Waals surface area (Å²) in [5, 5.41) is 2.60. The Morgan fingerprint density at radius 3 is 2.52 bits per heavy atom. The molecule has 33 heavy (non-hydrogen) atoms. The molecule has 1 fully saturated rings. The van der Waals surface area contributed by atoms with Crippen LogP contribution in [0.4, 0.5) is 23.7 Å². The van der Waals surface area contributed by atoms with Gasteiger partial charge in [-0.1, -0.05) is 0 Å². The lowest BCUT2D eigenvalue weighted by Crippen LogP contribution is -2.51. The second kappa shape index (κ2) is 9.08. The maximum Gasteiger partial charge on any atom is 0.449 e. The van der Waals surface area contributed by atoms with Crippen LogP contribution in [0, 0.1) is 6.92 Å². The number of carbonyl (C=O) groups excluding carboxylic acids is 1. The van der Waals surface area contributed by atoms with Gasteiger partial charge in [-0.2, -0.15) is 13.2 Å². The Hall–Kier alpha value is -3.63. The molecule has 0 unspecified atom stereocenters. The second-order valence-electron chi connectivity index (χ2n) is 7.52. The van der Waals surface area contributed by atoms with E-state index in [1.165, 1.54) is 6.07 Å². The summed E-state index contributed by atoms with van der Waals surface area (Å²) in [4.78, 5) is 20.3. The number of benzene rings is 1. The molecule has 4 rings (SSSR count). The van der Waals surface area contributed by atoms with Gasteiger partial charge >= 0.3 is 12.2 Å². The molecule has 8 nitrogen and oxygen atoms in total. The van der Waals surface area contributed by atoms with Crippen molar-refractivity contribution in [2.45, 2.75) is 19.6 Å². The fourth-order valence-corrected chi connectivity index (χ4v) is 3.63. The third-order valence-electron chi connectivity index (χ3n) is 5.36. The topological polar surface area (TPSA) is 84.0 Å². The largest absolute Gasteiger partial charge is 0.496 e. The zero-order chi connectivity index (χ0) is 23.6. The van der Waals surface area contributed by atoms with E-state index in [0.29, 0.717) is 43.6 Å². The number of aromatic nitrogens is 1. The van der Waals surface area contributed by atoms with Crippen molar-refractivity contribution in [1.82, 2.24) is 15.2 Å². The number of carbonyl (C=O) groups is 1. The number of aryl methyl sites for hydroxylation is 1. The minimum Gasteiger partial charge on any atom is -0.496 e. The molecule has 1 saturated heterocycles. The number of methoxy groups -OCH3 is 1. The van der Waals surface area contributed by atoms with Crippen LogP contribution in [-0.2, 0) is 12.7 Å². The maximum absolute atomic E-state index is 12.6. The number of amides is 2. The number of hydrogen-bond acceptors (Lipinski definition) is 6. The van der Waals surface area contributed by atoms with Crippen molar-refractivity contribution in [3.8, 4) is 17.1 Å². The molecular weight excluding hydrogens is 441 g/mol. The third-order valence-corrected chi connectivity index (χ3v) is 5.36. The molecule has 176 valence electrons. The minimum atomic E-state index is -4.55. The van der Waals surface area contributed by atoms with Gasteiger partial charge < -0.3 is 28.7 Å². The molecular formula is C22H23F3N4O4. The molecule has 2 aromatic heterocycles. The molecule has 0 bridgehead atoms. The number of urea groups is 1. The number of halogens is 3. The molecule has 1 aliphatic heterocycles. The number of piperazine rings is 1. The Balaban J connectivity index is 1.33. The molecule has 0 atom stereocenters. The summed E-state index contributed by atoms with van der Waals surface area (Å²) in [6.45, 7) is 3.77. The molecule has 1 aliphatic rings. The number of hydrogen-bond donors (Lipinski definition) is 1. The Bertz CT molecular complexity index is 1120. The highest BCUT2D eigenvalue weighted by atomic mass is 19.4. The Labute approximate surface area is 187 Å². The van der Waals surface area contributed by atoms with Crippen LogP contribution in [0.1, 0.15) is 17.4 Å². The highest BCUT2D eigenvalue weighted by molar-refractivity contribution is 5.75. The van der Waals surface area contributed by atoms with Crippen LogP contribution in [0.2, 0.25) is 0 Å². The van der Waals surface area contributed by atoms with E-state index in [0.717, 1.165) is 17.3 Å². The van der Waals surface area contributed by atoms with E-state index in [-0.39, 0.29) is 18.3 Å². The average Bonchev–Trinajstić information content (AvgIpc) is 3.46. The van der Waals surface area contributed by atoms with E-state index in [1.54, 1.807) is 25.1 Å². The molecule has 1 N–H and O–H groups in total. The number of ether oxygens (including phenoxy) is 1. The monoisotopic (exact) mass is 464 g/mol. The summed E-state index contributed by atoms with van der Waals surface area (Å²) in [6, 6.07) is 7.49. The summed E-state index contributed by atoms with van der Waals surface area (Å²) in [7, 11) is 1.59. The highest BCUT2D eigenvalue weighted by Crippen LogP contribution is 2.34. The highest BCUT2D eigenvalue weighted by Gasteiger charge is 2.34. The predicted molar refractivity (Wildman–Crippen MR) is 113 cm³/mol. The van der Waals surface area contributed by atoms with Gasteiger partial charge in [-0.3, -0.25) is 0 Å². The van der Waals surface area contributed by atoms with Crippen molar-refractivity contribution in [2.75, 3.05) is 38.2 Å². The first-order valence-electron chi connectivity index (χ1n) is 10.3. The molecule has 0 spiro atoms. The fourth-order valence-electron chi connectivity index (χ4n) is 3.63. The van der Waals surface area contributed by atoms with Gasteiger partial charge in [0.2, 0.25) is 5.76 Å². The van der Waals surface area contributed by atoms with E-state index in [2.05, 4.69) is 15.2 Å². The Morgan fingerprint density at radius 1 is 1.15 bits per heavy atom. The van der Waals surface area contributed by atoms with E-state index in [4.69, 9.17) is 13.6 Å². The van der Waals surface area contributed by atoms with Crippen molar-refractivity contribution in [3.05, 3.63) is 53.9 Å². The molecule has 3 aromatic rings. The quantitative estimate of drug-likeness (QED) is 0.606. The zero-order valence-electron chi connectivity index (χ0n) is 18.1. The van der Waals surface area contributed by atoms with Crippen LogP contribution in [0.15, 0.2) is 45.4 Å². The van der Waals surface area contributed by atoms with Gasteiger partial charge in [0.15, 0.2) is 11.7 Å². The van der Waals surface area contributed by atoms with Crippen LogP contribution >= 0.6 is 0 Å². The molecule has 11 heteroatoms. The van der Waals surface area contributed by atoms with Crippen LogP contribution < -0.4 is 15.0 Å². The third kappa shape index (κ3) is 5.07. The standard InChI is InChI=1S/C22H23F3N4O4/c1-14-26-13-19(32-14)17-5-3-15(11-18(17)31-2)28-7-9-29(10-8-28)21(30)27-12-16-4-6-20(33-16)22(23,24)25/h3-6,11,13H,7-10,12H2,1-2H3,(H,27,30). The maximum atomic E-state index is 12.6. The average molecular weight is 464 g/mol. The van der Waals surface area contributed by atoms with Gasteiger partial charge in [-0.25, -0.2) is 9.78 Å². The first-order chi connectivity index (χ1) is 15.7. The van der Waals surface area contributed by atoms with Crippen molar-refractivity contribution >= 4 is 11.7 Å². The van der Waals surface area contributed by atoms with Gasteiger partial charge in [-0.15, -0.1) is 0 Å². The number of furan rings is 1. The van der Waals surface area contributed by atoms with Crippen molar-refractivity contribution < 1.29 is 31.5 Å². The number of nitrogens with one attached hydrogen (secondary N) is 1. The second-order valence-corrected chi connectivity index (χ2v) is 7.52. The van der Waals surface area contributed by atoms with Crippen LogP contribution in [0.5, 0.6) is 5.75 Å². The minimum absolute atomic E-state index is 0.0449. The van der Waals surface area contributed by atoms with E-state index >= 15 is 0 Å². The van der Waals surface area contributed by atoms with Gasteiger partial charge in [0.05, 0.1) is 25.4 Å². The summed E-state index contributed by atoms with van der Waals surface area (Å²) in [5.41, 5.74) is 1.74. The lowest BCUT2D eigenvalue weighted by Gasteiger charge is -2.36. The normalized spacial score (nSPS) is 14.5. The van der Waals surface area contributed by atoms with Gasteiger partial charge in [0.25, 0.3) is 0 Å². The van der Waals surface area contributed by atoms with E-state index in [1.807, 2.05) is 18.2 Å². The van der Waals surface area contributed by atoms with Crippen molar-refractivity contribution in [3.63, 3.8) is 0 Å². The summed E-state index contributed by atoms with van der Waals surface area (Å²) < 4.78 is 53.7. The van der Waals surface area contributed by atoms with Crippen molar-refractivity contribution in [2.24, 2.45) is 0 Å². The molecule has 0 radical (unpaired) electrons. The molecule has 3 heterocycles. The lowest BCUT2D eigenvalue weighted by atomic mass is 10.1. The SMILES string of the molecule is COc1cc(N2CCN(C(=O)NCc3ccc(C(F)(F)F)o3)CC2)ccc1-c1cnc(C)o1. The Morgan fingerprint density at radius 2 is 1.91 bits per heavy atom. The smallest absolute Gasteiger partial charge is 0.449 e.